The SMILES string of the molecule is CCOC(=O)C1(c2ccc(NC(=O)/C=N/O)cc2)CC1. The van der Waals surface area contributed by atoms with E-state index in [-0.39, 0.29) is 5.97 Å². The van der Waals surface area contributed by atoms with Gasteiger partial charge in [-0.3, -0.25) is 9.59 Å². The van der Waals surface area contributed by atoms with Crippen LogP contribution in [-0.2, 0) is 19.7 Å². The van der Waals surface area contributed by atoms with Crippen molar-refractivity contribution in [3.8, 4) is 0 Å². The minimum atomic E-state index is -0.522. The lowest BCUT2D eigenvalue weighted by atomic mass is 9.96. The first-order valence-electron chi connectivity index (χ1n) is 6.38. The summed E-state index contributed by atoms with van der Waals surface area (Å²) >= 11 is 0. The van der Waals surface area contributed by atoms with Crippen LogP contribution in [0.15, 0.2) is 29.4 Å². The minimum Gasteiger partial charge on any atom is -0.465 e. The van der Waals surface area contributed by atoms with E-state index in [1.807, 2.05) is 0 Å². The van der Waals surface area contributed by atoms with Crippen LogP contribution in [0.4, 0.5) is 5.69 Å². The monoisotopic (exact) mass is 276 g/mol. The predicted octanol–water partition coefficient (Wildman–Crippen LogP) is 1.68. The summed E-state index contributed by atoms with van der Waals surface area (Å²) in [5.74, 6) is -0.712. The summed E-state index contributed by atoms with van der Waals surface area (Å²) in [7, 11) is 0. The average Bonchev–Trinajstić information content (AvgIpc) is 3.22. The number of rotatable bonds is 5. The first-order valence-corrected chi connectivity index (χ1v) is 6.38. The summed E-state index contributed by atoms with van der Waals surface area (Å²) in [5.41, 5.74) is 0.952. The Balaban J connectivity index is 2.09. The third kappa shape index (κ3) is 2.79. The molecule has 1 aromatic rings. The fourth-order valence-corrected chi connectivity index (χ4v) is 2.10. The van der Waals surface area contributed by atoms with Crippen LogP contribution in [0.5, 0.6) is 0 Å². The normalized spacial score (nSPS) is 15.8. The van der Waals surface area contributed by atoms with Gasteiger partial charge in [0.1, 0.15) is 6.21 Å². The number of ether oxygens (including phenoxy) is 1. The average molecular weight is 276 g/mol. The summed E-state index contributed by atoms with van der Waals surface area (Å²) in [4.78, 5) is 23.1. The molecule has 0 aliphatic heterocycles. The molecule has 6 nitrogen and oxygen atoms in total. The summed E-state index contributed by atoms with van der Waals surface area (Å²) in [6, 6.07) is 7.01. The number of esters is 1. The number of amides is 1. The molecule has 1 aliphatic rings. The number of nitrogens with one attached hydrogen (secondary N) is 1. The van der Waals surface area contributed by atoms with E-state index in [2.05, 4.69) is 10.5 Å². The third-order valence-electron chi connectivity index (χ3n) is 3.30. The second-order valence-corrected chi connectivity index (χ2v) is 4.61. The molecule has 6 heteroatoms. The molecule has 0 bridgehead atoms. The lowest BCUT2D eigenvalue weighted by molar-refractivity contribution is -0.146. The van der Waals surface area contributed by atoms with Crippen LogP contribution in [0.3, 0.4) is 0 Å². The maximum atomic E-state index is 11.9. The van der Waals surface area contributed by atoms with Gasteiger partial charge in [-0.15, -0.1) is 0 Å². The van der Waals surface area contributed by atoms with Gasteiger partial charge >= 0.3 is 5.97 Å². The van der Waals surface area contributed by atoms with Crippen molar-refractivity contribution in [2.24, 2.45) is 5.16 Å². The Labute approximate surface area is 116 Å². The lowest BCUT2D eigenvalue weighted by Crippen LogP contribution is -2.23. The van der Waals surface area contributed by atoms with Crippen molar-refractivity contribution in [3.05, 3.63) is 29.8 Å². The van der Waals surface area contributed by atoms with Gasteiger partial charge in [0.2, 0.25) is 0 Å². The van der Waals surface area contributed by atoms with Gasteiger partial charge in [-0.05, 0) is 37.5 Å². The van der Waals surface area contributed by atoms with E-state index in [1.165, 1.54) is 0 Å². The van der Waals surface area contributed by atoms with Gasteiger partial charge in [-0.1, -0.05) is 17.3 Å². The molecular formula is C14H16N2O4. The lowest BCUT2D eigenvalue weighted by Gasteiger charge is -2.14. The third-order valence-corrected chi connectivity index (χ3v) is 3.30. The van der Waals surface area contributed by atoms with Crippen molar-refractivity contribution in [2.45, 2.75) is 25.2 Å². The number of anilines is 1. The Morgan fingerprint density at radius 3 is 2.55 bits per heavy atom. The van der Waals surface area contributed by atoms with Crippen LogP contribution in [0.2, 0.25) is 0 Å². The Morgan fingerprint density at radius 1 is 1.40 bits per heavy atom. The highest BCUT2D eigenvalue weighted by Crippen LogP contribution is 2.49. The van der Waals surface area contributed by atoms with Crippen molar-refractivity contribution < 1.29 is 19.5 Å². The largest absolute Gasteiger partial charge is 0.465 e. The molecule has 1 amide bonds. The molecular weight excluding hydrogens is 260 g/mol. The van der Waals surface area contributed by atoms with Crippen LogP contribution in [0.25, 0.3) is 0 Å². The number of oxime groups is 1. The predicted molar refractivity (Wildman–Crippen MR) is 72.9 cm³/mol. The smallest absolute Gasteiger partial charge is 0.316 e. The quantitative estimate of drug-likeness (QED) is 0.370. The molecule has 0 spiro atoms. The maximum Gasteiger partial charge on any atom is 0.316 e. The molecule has 1 aromatic carbocycles. The molecule has 0 atom stereocenters. The van der Waals surface area contributed by atoms with E-state index in [0.717, 1.165) is 24.6 Å². The van der Waals surface area contributed by atoms with E-state index < -0.39 is 11.3 Å². The Bertz CT molecular complexity index is 533. The van der Waals surface area contributed by atoms with Crippen LogP contribution in [0.1, 0.15) is 25.3 Å². The number of nitrogens with zero attached hydrogens (tertiary/aromatic N) is 1. The molecule has 1 aliphatic carbocycles. The minimum absolute atomic E-state index is 0.191. The molecule has 0 saturated heterocycles. The van der Waals surface area contributed by atoms with E-state index in [4.69, 9.17) is 9.94 Å². The van der Waals surface area contributed by atoms with Gasteiger partial charge in [-0.2, -0.15) is 0 Å². The Morgan fingerprint density at radius 2 is 2.05 bits per heavy atom. The number of hydrogen-bond acceptors (Lipinski definition) is 5. The van der Waals surface area contributed by atoms with Gasteiger partial charge in [0, 0.05) is 5.69 Å². The molecule has 0 aromatic heterocycles. The summed E-state index contributed by atoms with van der Waals surface area (Å²) in [5, 5.41) is 13.4. The molecule has 1 fully saturated rings. The zero-order chi connectivity index (χ0) is 14.6. The highest BCUT2D eigenvalue weighted by molar-refractivity contribution is 6.31. The molecule has 1 saturated carbocycles. The van der Waals surface area contributed by atoms with Crippen molar-refractivity contribution in [1.29, 1.82) is 0 Å². The number of benzene rings is 1. The van der Waals surface area contributed by atoms with Crippen LogP contribution >= 0.6 is 0 Å². The maximum absolute atomic E-state index is 11.9. The molecule has 2 N–H and O–H groups in total. The van der Waals surface area contributed by atoms with Gasteiger partial charge in [0.25, 0.3) is 5.91 Å². The van der Waals surface area contributed by atoms with E-state index in [1.54, 1.807) is 31.2 Å². The van der Waals surface area contributed by atoms with Crippen LogP contribution < -0.4 is 5.32 Å². The molecule has 0 unspecified atom stereocenters. The highest BCUT2D eigenvalue weighted by atomic mass is 16.5. The van der Waals surface area contributed by atoms with Crippen molar-refractivity contribution >= 4 is 23.8 Å². The molecule has 0 heterocycles. The summed E-state index contributed by atoms with van der Waals surface area (Å²) in [6.07, 6.45) is 2.35. The topological polar surface area (TPSA) is 88.0 Å². The van der Waals surface area contributed by atoms with Gasteiger partial charge in [0.15, 0.2) is 0 Å². The molecule has 2 rings (SSSR count). The zero-order valence-corrected chi connectivity index (χ0v) is 11.1. The van der Waals surface area contributed by atoms with Crippen LogP contribution in [-0.4, -0.2) is 29.9 Å². The van der Waals surface area contributed by atoms with Crippen molar-refractivity contribution in [2.75, 3.05) is 11.9 Å². The second-order valence-electron chi connectivity index (χ2n) is 4.61. The van der Waals surface area contributed by atoms with E-state index >= 15 is 0 Å². The van der Waals surface area contributed by atoms with Gasteiger partial charge < -0.3 is 15.3 Å². The number of carbonyl (C=O) groups excluding carboxylic acids is 2. The van der Waals surface area contributed by atoms with E-state index in [9.17, 15) is 9.59 Å². The van der Waals surface area contributed by atoms with Gasteiger partial charge in [0.05, 0.1) is 12.0 Å². The fraction of sp³-hybridized carbons (Fsp3) is 0.357. The second kappa shape index (κ2) is 5.73. The van der Waals surface area contributed by atoms with Crippen molar-refractivity contribution in [1.82, 2.24) is 0 Å². The molecule has 0 radical (unpaired) electrons. The fourth-order valence-electron chi connectivity index (χ4n) is 2.10. The molecule has 106 valence electrons. The zero-order valence-electron chi connectivity index (χ0n) is 11.1. The van der Waals surface area contributed by atoms with Crippen LogP contribution in [0, 0.1) is 0 Å². The van der Waals surface area contributed by atoms with E-state index in [0.29, 0.717) is 12.3 Å². The summed E-state index contributed by atoms with van der Waals surface area (Å²) < 4.78 is 5.10. The first kappa shape index (κ1) is 14.0. The Hall–Kier alpha value is -2.37. The highest BCUT2D eigenvalue weighted by Gasteiger charge is 2.52. The Kier molecular flexibility index (Phi) is 4.02. The summed E-state index contributed by atoms with van der Waals surface area (Å²) in [6.45, 7) is 2.16. The first-order chi connectivity index (χ1) is 9.62. The van der Waals surface area contributed by atoms with Gasteiger partial charge in [-0.25, -0.2) is 0 Å². The number of carbonyl (C=O) groups is 2. The standard InChI is InChI=1S/C14H16N2O4/c1-2-20-13(18)14(7-8-14)10-3-5-11(6-4-10)16-12(17)9-15-19/h3-6,9,19H,2,7-8H2,1H3,(H,16,17)/b15-9+. The molecule has 20 heavy (non-hydrogen) atoms. The number of hydrogen-bond donors (Lipinski definition) is 2. The van der Waals surface area contributed by atoms with Crippen molar-refractivity contribution in [3.63, 3.8) is 0 Å².